The van der Waals surface area contributed by atoms with Crippen molar-refractivity contribution < 1.29 is 24.5 Å². The van der Waals surface area contributed by atoms with E-state index in [4.69, 9.17) is 37.7 Å². The first-order chi connectivity index (χ1) is 17.4. The van der Waals surface area contributed by atoms with Gasteiger partial charge in [0.25, 0.3) is 0 Å². The van der Waals surface area contributed by atoms with Gasteiger partial charge in [-0.3, -0.25) is 9.89 Å². The smallest absolute Gasteiger partial charge is 0.338 e. The Labute approximate surface area is 223 Å². The first kappa shape index (κ1) is 27.0. The average Bonchev–Trinajstić information content (AvgIpc) is 3.38. The van der Waals surface area contributed by atoms with Crippen molar-refractivity contribution in [1.29, 1.82) is 0 Å². The fraction of sp³-hybridized carbons (Fsp3) is 0.458. The molecule has 36 heavy (non-hydrogen) atoms. The van der Waals surface area contributed by atoms with Gasteiger partial charge in [-0.05, 0) is 25.5 Å². The number of aliphatic hydroxyl groups excluding tert-OH is 1. The second kappa shape index (κ2) is 12.5. The molecular weight excluding hydrogens is 527 g/mol. The van der Waals surface area contributed by atoms with Crippen LogP contribution in [0.5, 0.6) is 0 Å². The van der Waals surface area contributed by atoms with Gasteiger partial charge in [-0.15, -0.1) is 11.3 Å². The number of aliphatic hydroxyl groups is 2. The highest BCUT2D eigenvalue weighted by atomic mass is 35.5. The number of hydrogen-bond donors (Lipinski definition) is 3. The SMILES string of the molecule is CCOC(=O)C1=C(CN2CCOC(CCC(O)O)C2)NC(c2cscn2)=NC1c1ccc(Cl)cc1Cl. The lowest BCUT2D eigenvalue weighted by atomic mass is 9.95. The number of rotatable bonds is 9. The van der Waals surface area contributed by atoms with Crippen molar-refractivity contribution in [3.8, 4) is 0 Å². The number of benzene rings is 1. The highest BCUT2D eigenvalue weighted by molar-refractivity contribution is 7.07. The van der Waals surface area contributed by atoms with Crippen LogP contribution in [0, 0.1) is 0 Å². The second-order valence-corrected chi connectivity index (χ2v) is 10.0. The van der Waals surface area contributed by atoms with Crippen LogP contribution in [0.2, 0.25) is 10.0 Å². The summed E-state index contributed by atoms with van der Waals surface area (Å²) in [6, 6.07) is 4.39. The molecule has 1 aromatic heterocycles. The number of ether oxygens (including phenoxy) is 2. The zero-order valence-electron chi connectivity index (χ0n) is 19.7. The number of carbonyl (C=O) groups excluding carboxylic acids is 1. The maximum atomic E-state index is 13.3. The van der Waals surface area contributed by atoms with E-state index >= 15 is 0 Å². The van der Waals surface area contributed by atoms with Crippen LogP contribution in [0.1, 0.15) is 37.1 Å². The van der Waals surface area contributed by atoms with Gasteiger partial charge in [-0.1, -0.05) is 29.3 Å². The topological polar surface area (TPSA) is 117 Å². The van der Waals surface area contributed by atoms with Crippen molar-refractivity contribution in [2.45, 2.75) is 38.2 Å². The van der Waals surface area contributed by atoms with Crippen molar-refractivity contribution >= 4 is 46.3 Å². The van der Waals surface area contributed by atoms with E-state index < -0.39 is 18.3 Å². The summed E-state index contributed by atoms with van der Waals surface area (Å²) in [4.78, 5) is 24.7. The predicted octanol–water partition coefficient (Wildman–Crippen LogP) is 3.15. The number of nitrogens with zero attached hydrogens (tertiary/aromatic N) is 3. The number of halogens is 2. The molecule has 9 nitrogen and oxygen atoms in total. The van der Waals surface area contributed by atoms with Crippen LogP contribution < -0.4 is 5.32 Å². The Morgan fingerprint density at radius 1 is 1.39 bits per heavy atom. The fourth-order valence-electron chi connectivity index (χ4n) is 4.23. The molecule has 1 fully saturated rings. The summed E-state index contributed by atoms with van der Waals surface area (Å²) in [5.41, 5.74) is 4.02. The van der Waals surface area contributed by atoms with Crippen LogP contribution in [-0.4, -0.2) is 77.1 Å². The van der Waals surface area contributed by atoms with E-state index in [9.17, 15) is 15.0 Å². The van der Waals surface area contributed by atoms with E-state index in [1.165, 1.54) is 11.3 Å². The molecule has 2 aliphatic rings. The first-order valence-electron chi connectivity index (χ1n) is 11.6. The minimum atomic E-state index is -1.37. The van der Waals surface area contributed by atoms with E-state index in [-0.39, 0.29) is 19.1 Å². The normalized spacial score (nSPS) is 20.9. The number of nitrogens with one attached hydrogen (secondary N) is 1. The molecule has 1 aromatic carbocycles. The zero-order chi connectivity index (χ0) is 25.7. The number of thiazole rings is 1. The molecule has 12 heteroatoms. The Morgan fingerprint density at radius 2 is 2.22 bits per heavy atom. The lowest BCUT2D eigenvalue weighted by Crippen LogP contribution is -2.46. The maximum absolute atomic E-state index is 13.3. The molecule has 0 spiro atoms. The number of aliphatic imine (C=N–C) groups is 1. The summed E-state index contributed by atoms with van der Waals surface area (Å²) >= 11 is 14.2. The average molecular weight is 555 g/mol. The molecule has 2 aliphatic heterocycles. The zero-order valence-corrected chi connectivity index (χ0v) is 22.0. The number of amidine groups is 1. The van der Waals surface area contributed by atoms with Crippen LogP contribution in [0.25, 0.3) is 0 Å². The van der Waals surface area contributed by atoms with Gasteiger partial charge in [-0.2, -0.15) is 0 Å². The van der Waals surface area contributed by atoms with Crippen LogP contribution >= 0.6 is 34.5 Å². The van der Waals surface area contributed by atoms with Crippen LogP contribution in [-0.2, 0) is 14.3 Å². The van der Waals surface area contributed by atoms with Gasteiger partial charge < -0.3 is 25.0 Å². The van der Waals surface area contributed by atoms with E-state index in [0.29, 0.717) is 71.1 Å². The Kier molecular flexibility index (Phi) is 9.35. The predicted molar refractivity (Wildman–Crippen MR) is 138 cm³/mol. The molecule has 0 saturated carbocycles. The van der Waals surface area contributed by atoms with Gasteiger partial charge >= 0.3 is 5.97 Å². The summed E-state index contributed by atoms with van der Waals surface area (Å²) in [6.45, 7) is 4.08. The molecule has 0 aliphatic carbocycles. The van der Waals surface area contributed by atoms with Crippen molar-refractivity contribution in [3.05, 3.63) is 61.7 Å². The number of morpholine rings is 1. The molecule has 0 radical (unpaired) electrons. The summed E-state index contributed by atoms with van der Waals surface area (Å²) < 4.78 is 11.2. The maximum Gasteiger partial charge on any atom is 0.338 e. The Balaban J connectivity index is 1.71. The Hall–Kier alpha value is -2.05. The van der Waals surface area contributed by atoms with Crippen LogP contribution in [0.3, 0.4) is 0 Å². The monoisotopic (exact) mass is 554 g/mol. The van der Waals surface area contributed by atoms with Crippen molar-refractivity contribution in [2.75, 3.05) is 32.8 Å². The largest absolute Gasteiger partial charge is 0.463 e. The molecular formula is C24H28Cl2N4O5S. The third kappa shape index (κ3) is 6.63. The Morgan fingerprint density at radius 3 is 2.92 bits per heavy atom. The summed E-state index contributed by atoms with van der Waals surface area (Å²) in [5.74, 6) is 0.0498. The quantitative estimate of drug-likeness (QED) is 0.319. The lowest BCUT2D eigenvalue weighted by molar-refractivity contribution is -0.139. The van der Waals surface area contributed by atoms with Gasteiger partial charge in [-0.25, -0.2) is 9.78 Å². The van der Waals surface area contributed by atoms with Gasteiger partial charge in [0.2, 0.25) is 0 Å². The summed E-state index contributed by atoms with van der Waals surface area (Å²) in [5, 5.41) is 24.6. The van der Waals surface area contributed by atoms with Crippen LogP contribution in [0.15, 0.2) is 45.4 Å². The molecule has 3 heterocycles. The highest BCUT2D eigenvalue weighted by Crippen LogP contribution is 2.37. The summed E-state index contributed by atoms with van der Waals surface area (Å²) in [7, 11) is 0. The number of hydrogen-bond acceptors (Lipinski definition) is 10. The van der Waals surface area contributed by atoms with Crippen molar-refractivity contribution in [1.82, 2.24) is 15.2 Å². The standard InChI is InChI=1S/C24H28Cl2N4O5S/c1-2-34-24(33)21-18(11-30-7-8-35-15(10-30)4-6-20(31)32)28-23(19-12-36-13-27-19)29-22(21)16-5-3-14(25)9-17(16)26/h3,5,9,12-13,15,20,22,31-32H,2,4,6-8,10-11H2,1H3,(H,28,29). The third-order valence-electron chi connectivity index (χ3n) is 5.90. The molecule has 0 amide bonds. The number of aromatic nitrogens is 1. The highest BCUT2D eigenvalue weighted by Gasteiger charge is 2.35. The molecule has 2 aromatic rings. The van der Waals surface area contributed by atoms with Gasteiger partial charge in [0, 0.05) is 52.7 Å². The van der Waals surface area contributed by atoms with E-state index in [0.717, 1.165) is 0 Å². The number of esters is 1. The Bertz CT molecular complexity index is 1130. The van der Waals surface area contributed by atoms with E-state index in [1.807, 2.05) is 5.38 Å². The van der Waals surface area contributed by atoms with E-state index in [1.54, 1.807) is 30.6 Å². The number of carbonyl (C=O) groups is 1. The minimum Gasteiger partial charge on any atom is -0.463 e. The molecule has 2 unspecified atom stereocenters. The lowest BCUT2D eigenvalue weighted by Gasteiger charge is -2.35. The fourth-order valence-corrected chi connectivity index (χ4v) is 5.28. The van der Waals surface area contributed by atoms with Crippen LogP contribution in [0.4, 0.5) is 0 Å². The molecule has 3 N–H and O–H groups in total. The molecule has 194 valence electrons. The minimum absolute atomic E-state index is 0.149. The first-order valence-corrected chi connectivity index (χ1v) is 13.3. The van der Waals surface area contributed by atoms with Gasteiger partial charge in [0.1, 0.15) is 11.7 Å². The van der Waals surface area contributed by atoms with Crippen molar-refractivity contribution in [3.63, 3.8) is 0 Å². The molecule has 0 bridgehead atoms. The third-order valence-corrected chi connectivity index (χ3v) is 7.05. The second-order valence-electron chi connectivity index (χ2n) is 8.44. The molecule has 4 rings (SSSR count). The van der Waals surface area contributed by atoms with Gasteiger partial charge in [0.05, 0.1) is 30.4 Å². The molecule has 1 saturated heterocycles. The van der Waals surface area contributed by atoms with E-state index in [2.05, 4.69) is 15.2 Å². The summed E-state index contributed by atoms with van der Waals surface area (Å²) in [6.07, 6.45) is -0.779. The van der Waals surface area contributed by atoms with Crippen molar-refractivity contribution in [2.24, 2.45) is 4.99 Å². The molecule has 2 atom stereocenters. The van der Waals surface area contributed by atoms with Gasteiger partial charge in [0.15, 0.2) is 12.1 Å².